The smallest absolute Gasteiger partial charge is 0.0939 e. The Morgan fingerprint density at radius 3 is 2.42 bits per heavy atom. The summed E-state index contributed by atoms with van der Waals surface area (Å²) in [7, 11) is 0. The predicted octanol–water partition coefficient (Wildman–Crippen LogP) is 5.13. The Morgan fingerprint density at radius 2 is 1.69 bits per heavy atom. The Labute approximate surface area is 170 Å². The summed E-state index contributed by atoms with van der Waals surface area (Å²) < 4.78 is 1.30. The van der Waals surface area contributed by atoms with E-state index >= 15 is 0 Å². The Bertz CT molecular complexity index is 793. The third kappa shape index (κ3) is 4.68. The van der Waals surface area contributed by atoms with Crippen LogP contribution in [0.5, 0.6) is 0 Å². The van der Waals surface area contributed by atoms with Crippen LogP contribution in [0.3, 0.4) is 0 Å². The van der Waals surface area contributed by atoms with Gasteiger partial charge in [0.2, 0.25) is 0 Å². The van der Waals surface area contributed by atoms with Crippen LogP contribution in [-0.4, -0.2) is 42.6 Å². The molecule has 0 atom stereocenters. The van der Waals surface area contributed by atoms with Gasteiger partial charge in [-0.2, -0.15) is 0 Å². The molecule has 1 saturated heterocycles. The summed E-state index contributed by atoms with van der Waals surface area (Å²) in [6, 6.07) is 16.6. The van der Waals surface area contributed by atoms with Crippen LogP contribution in [0.4, 0.5) is 5.69 Å². The van der Waals surface area contributed by atoms with Gasteiger partial charge in [-0.25, -0.2) is 4.98 Å². The zero-order valence-electron chi connectivity index (χ0n) is 14.6. The predicted molar refractivity (Wildman–Crippen MR) is 115 cm³/mol. The maximum absolute atomic E-state index is 5.98. The standard InChI is InChI=1S/C20H22ClN3S.ClH/c21-16-7-9-17(10-8-16)24-14-12-23(13-15-24)11-3-6-20-22-18-4-1-2-5-19(18)25-20;/h1-2,4-5,7-10H,3,6,11-15H2;1H. The van der Waals surface area contributed by atoms with Gasteiger partial charge in [-0.15, -0.1) is 23.7 Å². The van der Waals surface area contributed by atoms with E-state index in [2.05, 4.69) is 46.2 Å². The van der Waals surface area contributed by atoms with Crippen molar-refractivity contribution in [1.82, 2.24) is 9.88 Å². The highest BCUT2D eigenvalue weighted by molar-refractivity contribution is 7.18. The van der Waals surface area contributed by atoms with Crippen LogP contribution in [0.1, 0.15) is 11.4 Å². The second kappa shape index (κ2) is 9.05. The molecule has 1 aromatic heterocycles. The zero-order valence-corrected chi connectivity index (χ0v) is 17.0. The van der Waals surface area contributed by atoms with Crippen molar-refractivity contribution in [2.75, 3.05) is 37.6 Å². The van der Waals surface area contributed by atoms with Crippen molar-refractivity contribution >= 4 is 51.2 Å². The van der Waals surface area contributed by atoms with Crippen LogP contribution >= 0.6 is 35.3 Å². The molecule has 2 aromatic carbocycles. The van der Waals surface area contributed by atoms with E-state index < -0.39 is 0 Å². The molecule has 3 aromatic rings. The van der Waals surface area contributed by atoms with E-state index in [-0.39, 0.29) is 12.4 Å². The molecule has 6 heteroatoms. The Kier molecular flexibility index (Phi) is 6.76. The summed E-state index contributed by atoms with van der Waals surface area (Å²) in [5.41, 5.74) is 2.41. The van der Waals surface area contributed by atoms with Crippen molar-refractivity contribution in [1.29, 1.82) is 0 Å². The highest BCUT2D eigenvalue weighted by Crippen LogP contribution is 2.23. The minimum atomic E-state index is 0. The molecule has 1 aliphatic rings. The maximum atomic E-state index is 5.98. The minimum absolute atomic E-state index is 0. The molecule has 1 aliphatic heterocycles. The number of aryl methyl sites for hydroxylation is 1. The van der Waals surface area contributed by atoms with Crippen molar-refractivity contribution in [2.24, 2.45) is 0 Å². The monoisotopic (exact) mass is 407 g/mol. The fraction of sp³-hybridized carbons (Fsp3) is 0.350. The lowest BCUT2D eigenvalue weighted by Crippen LogP contribution is -2.46. The average molecular weight is 408 g/mol. The summed E-state index contributed by atoms with van der Waals surface area (Å²) >= 11 is 7.81. The number of anilines is 1. The number of piperazine rings is 1. The number of halogens is 2. The average Bonchev–Trinajstić information content (AvgIpc) is 3.06. The third-order valence-electron chi connectivity index (χ3n) is 4.77. The number of benzene rings is 2. The van der Waals surface area contributed by atoms with E-state index in [9.17, 15) is 0 Å². The van der Waals surface area contributed by atoms with Crippen LogP contribution in [0.2, 0.25) is 5.02 Å². The molecule has 0 aliphatic carbocycles. The van der Waals surface area contributed by atoms with Crippen molar-refractivity contribution in [3.05, 3.63) is 58.6 Å². The molecule has 0 bridgehead atoms. The summed E-state index contributed by atoms with van der Waals surface area (Å²) in [4.78, 5) is 9.75. The van der Waals surface area contributed by atoms with E-state index in [1.165, 1.54) is 21.8 Å². The van der Waals surface area contributed by atoms with E-state index in [1.54, 1.807) is 0 Å². The van der Waals surface area contributed by atoms with Gasteiger partial charge in [-0.05, 0) is 49.4 Å². The topological polar surface area (TPSA) is 19.4 Å². The van der Waals surface area contributed by atoms with Crippen LogP contribution in [-0.2, 0) is 6.42 Å². The summed E-state index contributed by atoms with van der Waals surface area (Å²) in [5, 5.41) is 2.07. The first-order chi connectivity index (χ1) is 12.3. The molecule has 0 radical (unpaired) electrons. The number of thiazole rings is 1. The van der Waals surface area contributed by atoms with E-state index in [4.69, 9.17) is 16.6 Å². The quantitative estimate of drug-likeness (QED) is 0.584. The van der Waals surface area contributed by atoms with Gasteiger partial charge in [0.25, 0.3) is 0 Å². The number of aromatic nitrogens is 1. The molecular formula is C20H23Cl2N3S. The number of hydrogen-bond donors (Lipinski definition) is 0. The summed E-state index contributed by atoms with van der Waals surface area (Å²) in [6.45, 7) is 5.58. The molecule has 138 valence electrons. The van der Waals surface area contributed by atoms with Crippen LogP contribution in [0.15, 0.2) is 48.5 Å². The second-order valence-electron chi connectivity index (χ2n) is 6.48. The lowest BCUT2D eigenvalue weighted by molar-refractivity contribution is 0.255. The molecular weight excluding hydrogens is 385 g/mol. The molecule has 0 N–H and O–H groups in total. The lowest BCUT2D eigenvalue weighted by Gasteiger charge is -2.36. The number of para-hydroxylation sites is 1. The van der Waals surface area contributed by atoms with Gasteiger partial charge in [-0.1, -0.05) is 23.7 Å². The first-order valence-corrected chi connectivity index (χ1v) is 10.0. The zero-order chi connectivity index (χ0) is 17.1. The largest absolute Gasteiger partial charge is 0.369 e. The molecule has 0 unspecified atom stereocenters. The summed E-state index contributed by atoms with van der Waals surface area (Å²) in [6.07, 6.45) is 2.26. The first-order valence-electron chi connectivity index (χ1n) is 8.85. The van der Waals surface area contributed by atoms with Gasteiger partial charge < -0.3 is 4.90 Å². The SMILES string of the molecule is Cl.Clc1ccc(N2CCN(CCCc3nc4ccccc4s3)CC2)cc1. The summed E-state index contributed by atoms with van der Waals surface area (Å²) in [5.74, 6) is 0. The normalized spacial score (nSPS) is 15.2. The third-order valence-corrected chi connectivity index (χ3v) is 6.12. The van der Waals surface area contributed by atoms with Gasteiger partial charge in [-0.3, -0.25) is 4.90 Å². The van der Waals surface area contributed by atoms with Gasteiger partial charge in [0.05, 0.1) is 15.2 Å². The van der Waals surface area contributed by atoms with Crippen LogP contribution in [0, 0.1) is 0 Å². The molecule has 0 amide bonds. The van der Waals surface area contributed by atoms with Gasteiger partial charge >= 0.3 is 0 Å². The molecule has 2 heterocycles. The molecule has 0 saturated carbocycles. The van der Waals surface area contributed by atoms with Crippen LogP contribution < -0.4 is 4.90 Å². The van der Waals surface area contributed by atoms with Crippen molar-refractivity contribution in [3.8, 4) is 0 Å². The fourth-order valence-electron chi connectivity index (χ4n) is 3.36. The number of nitrogens with zero attached hydrogens (tertiary/aromatic N) is 3. The Balaban J connectivity index is 0.00000196. The second-order valence-corrected chi connectivity index (χ2v) is 8.04. The lowest BCUT2D eigenvalue weighted by atomic mass is 10.2. The minimum Gasteiger partial charge on any atom is -0.369 e. The highest BCUT2D eigenvalue weighted by atomic mass is 35.5. The van der Waals surface area contributed by atoms with Crippen molar-refractivity contribution in [3.63, 3.8) is 0 Å². The van der Waals surface area contributed by atoms with E-state index in [0.717, 1.165) is 49.7 Å². The van der Waals surface area contributed by atoms with Gasteiger partial charge in [0.15, 0.2) is 0 Å². The molecule has 26 heavy (non-hydrogen) atoms. The molecule has 1 fully saturated rings. The van der Waals surface area contributed by atoms with Gasteiger partial charge in [0.1, 0.15) is 0 Å². The van der Waals surface area contributed by atoms with Crippen molar-refractivity contribution < 1.29 is 0 Å². The fourth-order valence-corrected chi connectivity index (χ4v) is 4.50. The highest BCUT2D eigenvalue weighted by Gasteiger charge is 2.17. The first kappa shape index (κ1) is 19.4. The maximum Gasteiger partial charge on any atom is 0.0939 e. The van der Waals surface area contributed by atoms with E-state index in [1.807, 2.05) is 23.5 Å². The molecule has 4 rings (SSSR count). The number of hydrogen-bond acceptors (Lipinski definition) is 4. The molecule has 3 nitrogen and oxygen atoms in total. The van der Waals surface area contributed by atoms with Crippen LogP contribution in [0.25, 0.3) is 10.2 Å². The Morgan fingerprint density at radius 1 is 0.962 bits per heavy atom. The molecule has 0 spiro atoms. The number of rotatable bonds is 5. The van der Waals surface area contributed by atoms with Crippen molar-refractivity contribution in [2.45, 2.75) is 12.8 Å². The Hall–Kier alpha value is -1.33. The number of fused-ring (bicyclic) bond motifs is 1. The van der Waals surface area contributed by atoms with E-state index in [0.29, 0.717) is 0 Å². The van der Waals surface area contributed by atoms with Gasteiger partial charge in [0, 0.05) is 43.3 Å².